The Bertz CT molecular complexity index is 1460. The third kappa shape index (κ3) is 40.7. The summed E-state index contributed by atoms with van der Waals surface area (Å²) in [5.41, 5.74) is -1.47. The van der Waals surface area contributed by atoms with Gasteiger partial charge in [-0.2, -0.15) is 8.42 Å². The molecule has 0 radical (unpaired) electrons. The van der Waals surface area contributed by atoms with Gasteiger partial charge in [0.15, 0.2) is 0 Å². The summed E-state index contributed by atoms with van der Waals surface area (Å²) < 4.78 is 63.2. The summed E-state index contributed by atoms with van der Waals surface area (Å²) in [5, 5.41) is 0. The molecule has 0 aromatic heterocycles. The first-order valence-electron chi connectivity index (χ1n) is 20.1. The summed E-state index contributed by atoms with van der Waals surface area (Å²) in [7, 11) is -17.0. The minimum Gasteiger partial charge on any atom is -0.870 e. The molecular weight excluding hydrogens is 940 g/mol. The van der Waals surface area contributed by atoms with Crippen LogP contribution in [0.1, 0.15) is 143 Å². The van der Waals surface area contributed by atoms with E-state index in [0.717, 1.165) is 83.8 Å². The first kappa shape index (κ1) is 75.7. The van der Waals surface area contributed by atoms with Crippen molar-refractivity contribution in [1.82, 2.24) is 14.7 Å². The molecule has 3 amide bonds. The van der Waals surface area contributed by atoms with Gasteiger partial charge in [0.1, 0.15) is 0 Å². The molecule has 3 heterocycles. The first-order chi connectivity index (χ1) is 27.1. The summed E-state index contributed by atoms with van der Waals surface area (Å²) >= 11 is 0. The average Bonchev–Trinajstić information content (AvgIpc) is 3.58. The number of rotatable bonds is 14. The van der Waals surface area contributed by atoms with E-state index in [-0.39, 0.29) is 124 Å². The number of likely N-dealkylation sites (tertiary alicyclic amines) is 3. The van der Waals surface area contributed by atoms with Gasteiger partial charge in [-0.05, 0) is 88.9 Å². The summed E-state index contributed by atoms with van der Waals surface area (Å²) in [6.07, 6.45) is 16.7. The van der Waals surface area contributed by atoms with Gasteiger partial charge in [-0.15, -0.1) is 0 Å². The predicted molar refractivity (Wildman–Crippen MR) is 224 cm³/mol. The van der Waals surface area contributed by atoms with Crippen LogP contribution in [0.25, 0.3) is 0 Å². The second-order valence-corrected chi connectivity index (χ2v) is 21.2. The number of nitrogens with zero attached hydrogens (tertiary/aromatic N) is 3. The van der Waals surface area contributed by atoms with E-state index in [1.54, 1.807) is 18.0 Å². The fraction of sp³-hybridized carbons (Fsp3) is 0.806. The summed E-state index contributed by atoms with van der Waals surface area (Å²) in [6, 6.07) is 0.194. The van der Waals surface area contributed by atoms with E-state index in [4.69, 9.17) is 37.1 Å². The quantitative estimate of drug-likeness (QED) is 0.0546. The number of amides is 3. The third-order valence-corrected chi connectivity index (χ3v) is 13.3. The van der Waals surface area contributed by atoms with E-state index in [0.29, 0.717) is 50.8 Å². The van der Waals surface area contributed by atoms with Crippen molar-refractivity contribution >= 4 is 50.9 Å². The van der Waals surface area contributed by atoms with Crippen LogP contribution in [-0.4, -0.2) is 118 Å². The van der Waals surface area contributed by atoms with Gasteiger partial charge in [-0.3, -0.25) is 32.6 Å². The van der Waals surface area contributed by atoms with E-state index in [1.807, 2.05) is 23.6 Å². The maximum Gasteiger partial charge on any atom is 1.00 e. The monoisotopic (exact) mass is 1010 g/mol. The topological polar surface area (TPSA) is 344 Å². The molecule has 7 N–H and O–H groups in total. The van der Waals surface area contributed by atoms with Crippen molar-refractivity contribution in [3.63, 3.8) is 0 Å². The summed E-state index contributed by atoms with van der Waals surface area (Å²) in [4.78, 5) is 96.4. The molecule has 3 aliphatic rings. The van der Waals surface area contributed by atoms with E-state index >= 15 is 0 Å². The molecule has 3 saturated heterocycles. The van der Waals surface area contributed by atoms with Crippen LogP contribution in [-0.2, 0) is 38.5 Å². The summed E-state index contributed by atoms with van der Waals surface area (Å²) in [5.74, 6) is 1.21. The first-order valence-corrected chi connectivity index (χ1v) is 26.5. The third-order valence-electron chi connectivity index (χ3n) is 10.1. The van der Waals surface area contributed by atoms with Gasteiger partial charge in [0.2, 0.25) is 17.7 Å². The molecule has 20 nitrogen and oxygen atoms in total. The van der Waals surface area contributed by atoms with Gasteiger partial charge in [-0.1, -0.05) is 67.7 Å². The second kappa shape index (κ2) is 40.0. The van der Waals surface area contributed by atoms with Gasteiger partial charge in [-0.25, -0.2) is 0 Å². The molecule has 63 heavy (non-hydrogen) atoms. The zero-order valence-electron chi connectivity index (χ0n) is 38.5. The predicted octanol–water partition coefficient (Wildman–Crippen LogP) is -4.21. The Morgan fingerprint density at radius 2 is 0.952 bits per heavy atom. The molecule has 356 valence electrons. The van der Waals surface area contributed by atoms with Crippen molar-refractivity contribution in [2.45, 2.75) is 167 Å². The van der Waals surface area contributed by atoms with E-state index in [9.17, 15) is 37.9 Å². The van der Waals surface area contributed by atoms with Crippen molar-refractivity contribution in [3.8, 4) is 0 Å². The standard InChI is InChI=1S/2C13H26NO4P.C8H13NO.C2H5O3P.3Na.H2O4S.H2O/c2*1-3-12(9-8-11(2)19(16,17)18)14-10-6-4-5-7-13(14)15;1-2-9-7-5-3-4-6-8(9)10;1-2-6(3,4)5;;;;1-5(2,3)4;/h2*11-12H,3-10H2,1-2H3,(H2,16,17,18);2H,1,3-7H2;2H,1H2,(H2,3,4,5);;;;(H2,1,2,3,4);1H2/q;;;;3*+1;;/p-3. The Labute approximate surface area is 441 Å². The Hall–Kier alpha value is 1.17. The fourth-order valence-corrected chi connectivity index (χ4v) is 7.28. The van der Waals surface area contributed by atoms with E-state index < -0.39 is 44.5 Å². The van der Waals surface area contributed by atoms with Crippen molar-refractivity contribution in [3.05, 3.63) is 25.2 Å². The van der Waals surface area contributed by atoms with Crippen molar-refractivity contribution in [1.29, 1.82) is 0 Å². The molecule has 3 aliphatic heterocycles. The van der Waals surface area contributed by atoms with Gasteiger partial charge < -0.3 is 54.1 Å². The normalized spacial score (nSPS) is 17.9. The van der Waals surface area contributed by atoms with Crippen LogP contribution in [0.5, 0.6) is 0 Å². The number of hydrogen-bond acceptors (Lipinski definition) is 11. The Balaban J connectivity index is -0.000000172. The number of carbonyl (C=O) groups excluding carboxylic acids is 3. The number of hydrogen-bond donors (Lipinski definition) is 6. The molecule has 0 aliphatic carbocycles. The van der Waals surface area contributed by atoms with Crippen LogP contribution < -0.4 is 98.5 Å². The molecule has 3 fully saturated rings. The molecule has 0 aromatic rings. The van der Waals surface area contributed by atoms with Gasteiger partial charge >= 0.3 is 114 Å². The molecular formula is C36H71N3Na3O17P3S. The van der Waals surface area contributed by atoms with Crippen LogP contribution in [0.3, 0.4) is 0 Å². The van der Waals surface area contributed by atoms with Gasteiger partial charge in [0.05, 0.1) is 5.66 Å². The smallest absolute Gasteiger partial charge is 0.870 e. The molecule has 27 heteroatoms. The maximum atomic E-state index is 12.0. The Morgan fingerprint density at radius 1 is 0.635 bits per heavy atom. The SMILES string of the molecule is C=CN1CCCCCC1=O.C=CP(=O)(O)O.CCC(CCC(C)P(=O)(O)O)N1CCCCCC1=O.CCC(CCC(C)P(=O)([O-])[O-])N1CCCCCC1=O.O=S(=O)(O)O.[Na+].[Na+].[Na+].[OH-]. The summed E-state index contributed by atoms with van der Waals surface area (Å²) in [6.45, 7) is 15.9. The number of carbonyl (C=O) groups is 3. The van der Waals surface area contributed by atoms with Crippen LogP contribution in [0, 0.1) is 0 Å². The van der Waals surface area contributed by atoms with Crippen molar-refractivity contribution in [2.24, 2.45) is 0 Å². The molecule has 0 spiro atoms. The van der Waals surface area contributed by atoms with Crippen molar-refractivity contribution < 1.29 is 169 Å². The molecule has 4 unspecified atom stereocenters. The van der Waals surface area contributed by atoms with E-state index in [2.05, 4.69) is 13.2 Å². The molecule has 3 rings (SSSR count). The van der Waals surface area contributed by atoms with Gasteiger partial charge in [0.25, 0.3) is 0 Å². The van der Waals surface area contributed by atoms with E-state index in [1.165, 1.54) is 13.3 Å². The maximum absolute atomic E-state index is 12.0. The zero-order chi connectivity index (χ0) is 46.0. The van der Waals surface area contributed by atoms with Crippen LogP contribution >= 0.6 is 22.8 Å². The van der Waals surface area contributed by atoms with Crippen LogP contribution in [0.15, 0.2) is 25.2 Å². The minimum atomic E-state index is -4.67. The zero-order valence-corrected chi connectivity index (χ0v) is 48.0. The van der Waals surface area contributed by atoms with Gasteiger partial charge in [0, 0.05) is 56.8 Å². The fourth-order valence-electron chi connectivity index (χ4n) is 6.33. The molecule has 0 saturated carbocycles. The largest absolute Gasteiger partial charge is 1.00 e. The molecule has 4 atom stereocenters. The Kier molecular flexibility index (Phi) is 48.0. The minimum absolute atomic E-state index is 0. The Morgan fingerprint density at radius 3 is 1.24 bits per heavy atom. The molecule has 0 bridgehead atoms. The van der Waals surface area contributed by atoms with Crippen LogP contribution in [0.2, 0.25) is 0 Å². The molecule has 0 aromatic carbocycles. The van der Waals surface area contributed by atoms with Crippen molar-refractivity contribution in [2.75, 3.05) is 19.6 Å². The second-order valence-electron chi connectivity index (χ2n) is 14.7. The average molecular weight is 1010 g/mol. The van der Waals surface area contributed by atoms with Crippen LogP contribution in [0.4, 0.5) is 0 Å².